The van der Waals surface area contributed by atoms with Crippen molar-refractivity contribution >= 4 is 23.2 Å². The first kappa shape index (κ1) is 20.8. The number of hydrogen-bond acceptors (Lipinski definition) is 6. The largest absolute Gasteiger partial charge is 0.389 e. The summed E-state index contributed by atoms with van der Waals surface area (Å²) < 4.78 is 1.68. The Morgan fingerprint density at radius 2 is 1.97 bits per heavy atom. The van der Waals surface area contributed by atoms with Gasteiger partial charge in [-0.3, -0.25) is 9.59 Å². The van der Waals surface area contributed by atoms with Crippen LogP contribution in [-0.4, -0.2) is 62.0 Å². The van der Waals surface area contributed by atoms with Gasteiger partial charge in [-0.2, -0.15) is 0 Å². The third-order valence-electron chi connectivity index (χ3n) is 6.42. The first-order valence-corrected chi connectivity index (χ1v) is 11.6. The average Bonchev–Trinajstić information content (AvgIpc) is 3.10. The summed E-state index contributed by atoms with van der Waals surface area (Å²) in [5.41, 5.74) is 1.51. The van der Waals surface area contributed by atoms with E-state index in [0.29, 0.717) is 12.2 Å². The minimum Gasteiger partial charge on any atom is -0.389 e. The molecule has 3 heterocycles. The van der Waals surface area contributed by atoms with E-state index >= 15 is 0 Å². The number of benzene rings is 1. The molecule has 1 saturated carbocycles. The van der Waals surface area contributed by atoms with E-state index in [9.17, 15) is 14.7 Å². The minimum absolute atomic E-state index is 0.0423. The van der Waals surface area contributed by atoms with Gasteiger partial charge in [-0.15, -0.1) is 16.4 Å². The lowest BCUT2D eigenvalue weighted by Crippen LogP contribution is -2.44. The molecule has 2 atom stereocenters. The maximum absolute atomic E-state index is 13.2. The number of thiophene rings is 1. The van der Waals surface area contributed by atoms with Gasteiger partial charge in [0.25, 0.3) is 5.91 Å². The van der Waals surface area contributed by atoms with Crippen LogP contribution in [0.2, 0.25) is 0 Å². The number of aliphatic hydroxyl groups is 1. The molecule has 2 aromatic heterocycles. The van der Waals surface area contributed by atoms with Crippen LogP contribution in [-0.2, 0) is 16.8 Å². The Labute approximate surface area is 189 Å². The molecule has 5 rings (SSSR count). The first-order chi connectivity index (χ1) is 15.5. The highest BCUT2D eigenvalue weighted by Crippen LogP contribution is 2.51. The van der Waals surface area contributed by atoms with Gasteiger partial charge in [0, 0.05) is 18.0 Å². The van der Waals surface area contributed by atoms with E-state index in [4.69, 9.17) is 0 Å². The highest BCUT2D eigenvalue weighted by molar-refractivity contribution is 7.10. The van der Waals surface area contributed by atoms with E-state index in [-0.39, 0.29) is 30.6 Å². The van der Waals surface area contributed by atoms with Crippen LogP contribution in [0.1, 0.15) is 39.5 Å². The number of amides is 2. The van der Waals surface area contributed by atoms with Gasteiger partial charge in [-0.1, -0.05) is 41.6 Å². The van der Waals surface area contributed by atoms with Crippen LogP contribution in [0.4, 0.5) is 0 Å². The van der Waals surface area contributed by atoms with Crippen molar-refractivity contribution in [1.82, 2.24) is 25.2 Å². The lowest BCUT2D eigenvalue weighted by Gasteiger charge is -2.22. The van der Waals surface area contributed by atoms with Gasteiger partial charge in [-0.05, 0) is 36.8 Å². The fourth-order valence-electron chi connectivity index (χ4n) is 4.35. The average molecular weight is 452 g/mol. The van der Waals surface area contributed by atoms with Crippen molar-refractivity contribution in [2.45, 2.75) is 43.9 Å². The maximum atomic E-state index is 13.2. The fourth-order valence-corrected chi connectivity index (χ4v) is 5.33. The summed E-state index contributed by atoms with van der Waals surface area (Å²) >= 11 is 1.60. The predicted octanol–water partition coefficient (Wildman–Crippen LogP) is 1.73. The first-order valence-electron chi connectivity index (χ1n) is 10.7. The Balaban J connectivity index is 1.24. The Bertz CT molecular complexity index is 1120. The smallest absolute Gasteiger partial charge is 0.274 e. The molecule has 1 aromatic carbocycles. The standard InChI is InChI=1S/C23H25N5O3S/c1-15-20(25-26-28(15)12-16-6-3-2-4-7-16)21(30)24-17-13-27(14-18(17)29)22(31)23(9-10-23)19-8-5-11-32-19/h2-8,11,17-18,29H,9-10,12-14H2,1H3,(H,24,30)/t17-,18-/m1/s1. The van der Waals surface area contributed by atoms with Gasteiger partial charge in [0.2, 0.25) is 5.91 Å². The molecule has 8 nitrogen and oxygen atoms in total. The molecule has 0 spiro atoms. The summed E-state index contributed by atoms with van der Waals surface area (Å²) in [4.78, 5) is 28.8. The lowest BCUT2D eigenvalue weighted by atomic mass is 10.0. The van der Waals surface area contributed by atoms with Crippen LogP contribution in [0.5, 0.6) is 0 Å². The van der Waals surface area contributed by atoms with Crippen molar-refractivity contribution in [3.63, 3.8) is 0 Å². The molecule has 2 N–H and O–H groups in total. The van der Waals surface area contributed by atoms with Crippen molar-refractivity contribution < 1.29 is 14.7 Å². The van der Waals surface area contributed by atoms with Crippen LogP contribution in [0.25, 0.3) is 0 Å². The van der Waals surface area contributed by atoms with Gasteiger partial charge < -0.3 is 15.3 Å². The van der Waals surface area contributed by atoms with Gasteiger partial charge in [0.15, 0.2) is 5.69 Å². The summed E-state index contributed by atoms with van der Waals surface area (Å²) in [5, 5.41) is 23.6. The van der Waals surface area contributed by atoms with Gasteiger partial charge >= 0.3 is 0 Å². The number of carbonyl (C=O) groups is 2. The molecular formula is C23H25N5O3S. The van der Waals surface area contributed by atoms with Crippen LogP contribution in [0.15, 0.2) is 47.8 Å². The zero-order valence-electron chi connectivity index (χ0n) is 17.8. The molecule has 1 aliphatic carbocycles. The second-order valence-corrected chi connectivity index (χ2v) is 9.53. The summed E-state index contributed by atoms with van der Waals surface area (Å²) in [7, 11) is 0. The Morgan fingerprint density at radius 3 is 2.66 bits per heavy atom. The molecule has 9 heteroatoms. The predicted molar refractivity (Wildman–Crippen MR) is 119 cm³/mol. The number of nitrogens with one attached hydrogen (secondary N) is 1. The third-order valence-corrected chi connectivity index (χ3v) is 7.49. The number of rotatable bonds is 6. The minimum atomic E-state index is -0.818. The Morgan fingerprint density at radius 1 is 1.19 bits per heavy atom. The quantitative estimate of drug-likeness (QED) is 0.595. The highest BCUT2D eigenvalue weighted by Gasteiger charge is 2.55. The lowest BCUT2D eigenvalue weighted by molar-refractivity contribution is -0.133. The number of nitrogens with zero attached hydrogens (tertiary/aromatic N) is 4. The molecule has 2 amide bonds. The number of aliphatic hydroxyl groups excluding tert-OH is 1. The third kappa shape index (κ3) is 3.71. The SMILES string of the molecule is Cc1c(C(=O)N[C@@H]2CN(C(=O)C3(c4cccs4)CC3)C[C@H]2O)nnn1Cc1ccccc1. The monoisotopic (exact) mass is 451 g/mol. The molecule has 166 valence electrons. The van der Waals surface area contributed by atoms with Gasteiger partial charge in [0.1, 0.15) is 0 Å². The molecule has 0 bridgehead atoms. The summed E-state index contributed by atoms with van der Waals surface area (Å²) in [6.45, 7) is 2.83. The Hall–Kier alpha value is -3.04. The van der Waals surface area contributed by atoms with E-state index < -0.39 is 17.6 Å². The summed E-state index contributed by atoms with van der Waals surface area (Å²) in [6.07, 6.45) is 0.848. The second-order valence-electron chi connectivity index (χ2n) is 8.58. The van der Waals surface area contributed by atoms with Crippen LogP contribution >= 0.6 is 11.3 Å². The maximum Gasteiger partial charge on any atom is 0.274 e. The van der Waals surface area contributed by atoms with Crippen molar-refractivity contribution in [3.8, 4) is 0 Å². The molecule has 1 aliphatic heterocycles. The molecule has 1 saturated heterocycles. The van der Waals surface area contributed by atoms with Crippen LogP contribution in [0.3, 0.4) is 0 Å². The molecule has 32 heavy (non-hydrogen) atoms. The van der Waals surface area contributed by atoms with E-state index in [0.717, 1.165) is 23.3 Å². The summed E-state index contributed by atoms with van der Waals surface area (Å²) in [6, 6.07) is 13.3. The highest BCUT2D eigenvalue weighted by atomic mass is 32.1. The van der Waals surface area contributed by atoms with Crippen molar-refractivity contribution in [2.75, 3.05) is 13.1 Å². The van der Waals surface area contributed by atoms with Gasteiger partial charge in [-0.25, -0.2) is 4.68 Å². The number of carbonyl (C=O) groups excluding carboxylic acids is 2. The topological polar surface area (TPSA) is 100 Å². The normalized spacial score (nSPS) is 21.5. The van der Waals surface area contributed by atoms with Crippen LogP contribution < -0.4 is 5.32 Å². The number of β-amino-alcohol motifs (C(OH)–C–C–N with tert-alkyl or cyclic N) is 1. The van der Waals surface area contributed by atoms with E-state index in [1.165, 1.54) is 0 Å². The molecule has 0 unspecified atom stereocenters. The molecular weight excluding hydrogens is 426 g/mol. The number of aromatic nitrogens is 3. The van der Waals surface area contributed by atoms with E-state index in [1.54, 1.807) is 27.8 Å². The molecule has 0 radical (unpaired) electrons. The van der Waals surface area contributed by atoms with Crippen molar-refractivity contribution in [3.05, 3.63) is 69.7 Å². The number of hydrogen-bond donors (Lipinski definition) is 2. The Kier molecular flexibility index (Phi) is 5.30. The second kappa shape index (κ2) is 8.14. The van der Waals surface area contributed by atoms with Crippen molar-refractivity contribution in [2.24, 2.45) is 0 Å². The van der Waals surface area contributed by atoms with Crippen LogP contribution in [0, 0.1) is 6.92 Å². The number of likely N-dealkylation sites (tertiary alicyclic amines) is 1. The summed E-state index contributed by atoms with van der Waals surface area (Å²) in [5.74, 6) is -0.347. The van der Waals surface area contributed by atoms with Gasteiger partial charge in [0.05, 0.1) is 29.8 Å². The van der Waals surface area contributed by atoms with E-state index in [2.05, 4.69) is 15.6 Å². The molecule has 2 aliphatic rings. The molecule has 3 aromatic rings. The van der Waals surface area contributed by atoms with Crippen molar-refractivity contribution in [1.29, 1.82) is 0 Å². The zero-order chi connectivity index (χ0) is 22.3. The molecule has 2 fully saturated rings. The zero-order valence-corrected chi connectivity index (χ0v) is 18.6. The van der Waals surface area contributed by atoms with E-state index in [1.807, 2.05) is 47.8 Å². The fraction of sp³-hybridized carbons (Fsp3) is 0.391.